The highest BCUT2D eigenvalue weighted by Crippen LogP contribution is 2.37. The van der Waals surface area contributed by atoms with Crippen LogP contribution in [-0.4, -0.2) is 17.6 Å². The monoisotopic (exact) mass is 210 g/mol. The smallest absolute Gasteiger partial charge is 0.115 e. The molecule has 1 aromatic heterocycles. The molecule has 0 saturated heterocycles. The van der Waals surface area contributed by atoms with Gasteiger partial charge in [-0.05, 0) is 13.8 Å². The molecule has 0 N–H and O–H groups in total. The second kappa shape index (κ2) is 3.54. The molecule has 0 radical (unpaired) electrons. The summed E-state index contributed by atoms with van der Waals surface area (Å²) in [6.45, 7) is 10.1. The summed E-state index contributed by atoms with van der Waals surface area (Å²) in [5, 5.41) is 2.71. The Hall–Kier alpha value is -0.570. The van der Waals surface area contributed by atoms with Gasteiger partial charge in [0.05, 0.1) is 10.7 Å². The van der Waals surface area contributed by atoms with Gasteiger partial charge < -0.3 is 4.90 Å². The summed E-state index contributed by atoms with van der Waals surface area (Å²) in [6.07, 6.45) is 1.14. The Morgan fingerprint density at radius 1 is 1.29 bits per heavy atom. The predicted molar refractivity (Wildman–Crippen MR) is 62.4 cm³/mol. The van der Waals surface area contributed by atoms with Crippen LogP contribution in [0.15, 0.2) is 0 Å². The normalized spacial score (nSPS) is 15.7. The molecule has 0 atom stereocenters. The first-order chi connectivity index (χ1) is 6.59. The third-order valence-electron chi connectivity index (χ3n) is 2.66. The number of aromatic nitrogens is 1. The fraction of sp³-hybridized carbons (Fsp3) is 0.727. The van der Waals surface area contributed by atoms with Crippen LogP contribution in [0.25, 0.3) is 0 Å². The van der Waals surface area contributed by atoms with Crippen LogP contribution in [0.3, 0.4) is 0 Å². The van der Waals surface area contributed by atoms with Crippen molar-refractivity contribution < 1.29 is 0 Å². The van der Waals surface area contributed by atoms with E-state index in [1.807, 2.05) is 11.3 Å². The zero-order chi connectivity index (χ0) is 10.3. The lowest BCUT2D eigenvalue weighted by Crippen LogP contribution is -2.27. The van der Waals surface area contributed by atoms with Crippen molar-refractivity contribution in [2.75, 3.05) is 11.4 Å². The maximum atomic E-state index is 4.70. The highest BCUT2D eigenvalue weighted by molar-refractivity contribution is 7.16. The molecule has 0 spiro atoms. The third-order valence-corrected chi connectivity index (χ3v) is 4.10. The zero-order valence-corrected chi connectivity index (χ0v) is 10.2. The first kappa shape index (κ1) is 9.97. The fourth-order valence-corrected chi connectivity index (χ4v) is 3.09. The van der Waals surface area contributed by atoms with Gasteiger partial charge in [-0.2, -0.15) is 0 Å². The predicted octanol–water partition coefficient (Wildman–Crippen LogP) is 3.04. The molecule has 2 rings (SSSR count). The summed E-state index contributed by atoms with van der Waals surface area (Å²) >= 11 is 1.88. The summed E-state index contributed by atoms with van der Waals surface area (Å²) in [4.78, 5) is 7.17. The number of rotatable bonds is 2. The van der Waals surface area contributed by atoms with E-state index in [9.17, 15) is 0 Å². The number of thiazole rings is 1. The van der Waals surface area contributed by atoms with Crippen molar-refractivity contribution in [3.8, 4) is 0 Å². The first-order valence-electron chi connectivity index (χ1n) is 5.36. The van der Waals surface area contributed by atoms with E-state index in [4.69, 9.17) is 4.98 Å². The van der Waals surface area contributed by atoms with E-state index < -0.39 is 0 Å². The summed E-state index contributed by atoms with van der Waals surface area (Å²) in [6, 6.07) is 0.608. The highest BCUT2D eigenvalue weighted by Gasteiger charge is 2.26. The van der Waals surface area contributed by atoms with Crippen molar-refractivity contribution in [2.24, 2.45) is 0 Å². The Bertz CT molecular complexity index is 328. The number of hydrogen-bond donors (Lipinski definition) is 0. The Balaban J connectivity index is 2.30. The van der Waals surface area contributed by atoms with Gasteiger partial charge in [0, 0.05) is 24.9 Å². The van der Waals surface area contributed by atoms with Gasteiger partial charge in [-0.25, -0.2) is 4.98 Å². The van der Waals surface area contributed by atoms with Gasteiger partial charge in [-0.1, -0.05) is 13.8 Å². The quantitative estimate of drug-likeness (QED) is 0.746. The zero-order valence-electron chi connectivity index (χ0n) is 9.37. The number of nitrogens with zero attached hydrogens (tertiary/aromatic N) is 2. The van der Waals surface area contributed by atoms with Crippen LogP contribution in [0, 0.1) is 0 Å². The standard InChI is InChI=1S/C11H18N2S/c1-7(2)10-12-9-5-6-13(8(3)4)11(9)14-10/h7-8H,5-6H2,1-4H3. The molecule has 2 heterocycles. The molecule has 0 aromatic carbocycles. The van der Waals surface area contributed by atoms with Gasteiger partial charge in [0.1, 0.15) is 5.00 Å². The second-order valence-electron chi connectivity index (χ2n) is 4.50. The van der Waals surface area contributed by atoms with Crippen molar-refractivity contribution in [3.63, 3.8) is 0 Å². The molecule has 2 nitrogen and oxygen atoms in total. The van der Waals surface area contributed by atoms with Gasteiger partial charge in [-0.15, -0.1) is 11.3 Å². The summed E-state index contributed by atoms with van der Waals surface area (Å²) in [7, 11) is 0. The Morgan fingerprint density at radius 3 is 2.57 bits per heavy atom. The molecule has 1 aromatic rings. The lowest BCUT2D eigenvalue weighted by molar-refractivity contribution is 0.712. The summed E-state index contributed by atoms with van der Waals surface area (Å²) in [5.41, 5.74) is 1.33. The topological polar surface area (TPSA) is 16.1 Å². The molecular formula is C11H18N2S. The SMILES string of the molecule is CC(C)c1nc2c(s1)N(C(C)C)CC2. The molecule has 3 heteroatoms. The molecule has 14 heavy (non-hydrogen) atoms. The van der Waals surface area contributed by atoms with Crippen molar-refractivity contribution in [1.82, 2.24) is 4.98 Å². The third kappa shape index (κ3) is 1.54. The largest absolute Gasteiger partial charge is 0.359 e. The average molecular weight is 210 g/mol. The molecule has 0 aliphatic carbocycles. The van der Waals surface area contributed by atoms with Gasteiger partial charge in [0.25, 0.3) is 0 Å². The molecule has 0 bridgehead atoms. The molecule has 0 fully saturated rings. The fourth-order valence-electron chi connectivity index (χ4n) is 1.82. The Kier molecular flexibility index (Phi) is 2.52. The first-order valence-corrected chi connectivity index (χ1v) is 6.17. The van der Waals surface area contributed by atoms with Gasteiger partial charge in [-0.3, -0.25) is 0 Å². The van der Waals surface area contributed by atoms with Crippen molar-refractivity contribution in [2.45, 2.75) is 46.1 Å². The van der Waals surface area contributed by atoms with E-state index in [1.54, 1.807) is 0 Å². The van der Waals surface area contributed by atoms with Crippen molar-refractivity contribution in [3.05, 3.63) is 10.7 Å². The van der Waals surface area contributed by atoms with Crippen molar-refractivity contribution in [1.29, 1.82) is 0 Å². The maximum absolute atomic E-state index is 4.70. The van der Waals surface area contributed by atoms with Crippen LogP contribution in [0.1, 0.15) is 44.3 Å². The molecule has 0 amide bonds. The van der Waals surface area contributed by atoms with Crippen LogP contribution in [0.4, 0.5) is 5.00 Å². The van der Waals surface area contributed by atoms with Crippen LogP contribution < -0.4 is 4.90 Å². The van der Waals surface area contributed by atoms with E-state index in [0.717, 1.165) is 13.0 Å². The van der Waals surface area contributed by atoms with Crippen molar-refractivity contribution >= 4 is 16.3 Å². The van der Waals surface area contributed by atoms with E-state index >= 15 is 0 Å². The maximum Gasteiger partial charge on any atom is 0.115 e. The minimum Gasteiger partial charge on any atom is -0.359 e. The van der Waals surface area contributed by atoms with Crippen LogP contribution in [-0.2, 0) is 6.42 Å². The minimum atomic E-state index is 0.569. The lowest BCUT2D eigenvalue weighted by atomic mass is 10.2. The highest BCUT2D eigenvalue weighted by atomic mass is 32.1. The van der Waals surface area contributed by atoms with E-state index in [1.165, 1.54) is 15.7 Å². The Morgan fingerprint density at radius 2 is 2.00 bits per heavy atom. The second-order valence-corrected chi connectivity index (χ2v) is 5.50. The van der Waals surface area contributed by atoms with Crippen LogP contribution in [0.2, 0.25) is 0 Å². The number of hydrogen-bond acceptors (Lipinski definition) is 3. The molecular weight excluding hydrogens is 192 g/mol. The van der Waals surface area contributed by atoms with E-state index in [0.29, 0.717) is 12.0 Å². The molecule has 1 aliphatic rings. The minimum absolute atomic E-state index is 0.569. The molecule has 0 unspecified atom stereocenters. The van der Waals surface area contributed by atoms with Crippen LogP contribution in [0.5, 0.6) is 0 Å². The molecule has 78 valence electrons. The summed E-state index contributed by atoms with van der Waals surface area (Å²) in [5.74, 6) is 0.569. The Labute approximate surface area is 90.0 Å². The van der Waals surface area contributed by atoms with Gasteiger partial charge >= 0.3 is 0 Å². The van der Waals surface area contributed by atoms with Crippen LogP contribution >= 0.6 is 11.3 Å². The molecule has 0 saturated carbocycles. The van der Waals surface area contributed by atoms with Gasteiger partial charge in [0.15, 0.2) is 0 Å². The molecule has 1 aliphatic heterocycles. The van der Waals surface area contributed by atoms with Gasteiger partial charge in [0.2, 0.25) is 0 Å². The average Bonchev–Trinajstić information content (AvgIpc) is 2.58. The van der Waals surface area contributed by atoms with E-state index in [2.05, 4.69) is 32.6 Å². The number of fused-ring (bicyclic) bond motifs is 1. The lowest BCUT2D eigenvalue weighted by Gasteiger charge is -2.21. The number of anilines is 1. The van der Waals surface area contributed by atoms with E-state index in [-0.39, 0.29) is 0 Å². The summed E-state index contributed by atoms with van der Waals surface area (Å²) < 4.78 is 0.